The molecular weight excluding hydrogens is 314 g/mol. The van der Waals surface area contributed by atoms with Gasteiger partial charge in [0.2, 0.25) is 5.91 Å². The molecule has 2 N–H and O–H groups in total. The number of benzene rings is 1. The third kappa shape index (κ3) is 5.30. The lowest BCUT2D eigenvalue weighted by atomic mass is 9.95. The van der Waals surface area contributed by atoms with Gasteiger partial charge in [-0.2, -0.15) is 0 Å². The molecule has 3 rings (SSSR count). The SMILES string of the molecule is O=C(CNC1CCCCC1)Nc1cccc(C(=O)N2CCCCC2)c1. The summed E-state index contributed by atoms with van der Waals surface area (Å²) in [4.78, 5) is 26.7. The number of carbonyl (C=O) groups is 2. The molecule has 5 nitrogen and oxygen atoms in total. The molecule has 2 amide bonds. The van der Waals surface area contributed by atoms with Gasteiger partial charge in [-0.05, 0) is 50.3 Å². The van der Waals surface area contributed by atoms with E-state index in [-0.39, 0.29) is 11.8 Å². The van der Waals surface area contributed by atoms with E-state index in [2.05, 4.69) is 10.6 Å². The molecule has 1 aliphatic heterocycles. The van der Waals surface area contributed by atoms with Crippen LogP contribution in [0.15, 0.2) is 24.3 Å². The average molecular weight is 343 g/mol. The van der Waals surface area contributed by atoms with Crippen LogP contribution in [-0.4, -0.2) is 42.4 Å². The van der Waals surface area contributed by atoms with Crippen molar-refractivity contribution >= 4 is 17.5 Å². The third-order valence-corrected chi connectivity index (χ3v) is 5.19. The van der Waals surface area contributed by atoms with Crippen molar-refractivity contribution in [1.82, 2.24) is 10.2 Å². The number of nitrogens with zero attached hydrogens (tertiary/aromatic N) is 1. The fourth-order valence-electron chi connectivity index (χ4n) is 3.76. The summed E-state index contributed by atoms with van der Waals surface area (Å²) < 4.78 is 0. The molecule has 0 unspecified atom stereocenters. The van der Waals surface area contributed by atoms with Crippen molar-refractivity contribution in [1.29, 1.82) is 0 Å². The Morgan fingerprint density at radius 1 is 1.00 bits per heavy atom. The van der Waals surface area contributed by atoms with E-state index in [4.69, 9.17) is 0 Å². The molecule has 1 aromatic carbocycles. The second kappa shape index (κ2) is 8.99. The Balaban J connectivity index is 1.51. The molecule has 1 heterocycles. The monoisotopic (exact) mass is 343 g/mol. The number of carbonyl (C=O) groups excluding carboxylic acids is 2. The summed E-state index contributed by atoms with van der Waals surface area (Å²) in [5.74, 6) is 0.0178. The van der Waals surface area contributed by atoms with Crippen molar-refractivity contribution in [2.45, 2.75) is 57.4 Å². The lowest BCUT2D eigenvalue weighted by Gasteiger charge is -2.26. The number of rotatable bonds is 5. The van der Waals surface area contributed by atoms with Crippen LogP contribution in [0, 0.1) is 0 Å². The van der Waals surface area contributed by atoms with E-state index in [0.29, 0.717) is 23.8 Å². The number of hydrogen-bond acceptors (Lipinski definition) is 3. The molecular formula is C20H29N3O2. The van der Waals surface area contributed by atoms with Crippen molar-refractivity contribution in [2.75, 3.05) is 25.0 Å². The first kappa shape index (κ1) is 17.9. The first-order valence-corrected chi connectivity index (χ1v) is 9.65. The van der Waals surface area contributed by atoms with E-state index >= 15 is 0 Å². The summed E-state index contributed by atoms with van der Waals surface area (Å²) in [6.07, 6.45) is 9.49. The highest BCUT2D eigenvalue weighted by atomic mass is 16.2. The first-order chi connectivity index (χ1) is 12.2. The van der Waals surface area contributed by atoms with Crippen LogP contribution in [0.1, 0.15) is 61.7 Å². The molecule has 0 atom stereocenters. The molecule has 136 valence electrons. The van der Waals surface area contributed by atoms with E-state index in [9.17, 15) is 9.59 Å². The van der Waals surface area contributed by atoms with Gasteiger partial charge in [0.05, 0.1) is 6.54 Å². The number of likely N-dealkylation sites (tertiary alicyclic amines) is 1. The number of hydrogen-bond donors (Lipinski definition) is 2. The van der Waals surface area contributed by atoms with Crippen LogP contribution in [0.5, 0.6) is 0 Å². The topological polar surface area (TPSA) is 61.4 Å². The van der Waals surface area contributed by atoms with Gasteiger partial charge < -0.3 is 15.5 Å². The van der Waals surface area contributed by atoms with Gasteiger partial charge in [0, 0.05) is 30.4 Å². The van der Waals surface area contributed by atoms with Gasteiger partial charge in [0.1, 0.15) is 0 Å². The van der Waals surface area contributed by atoms with Crippen LogP contribution >= 0.6 is 0 Å². The zero-order valence-corrected chi connectivity index (χ0v) is 14.9. The highest BCUT2D eigenvalue weighted by Gasteiger charge is 2.18. The summed E-state index contributed by atoms with van der Waals surface area (Å²) >= 11 is 0. The standard InChI is InChI=1S/C20H29N3O2/c24-19(15-21-17-9-3-1-4-10-17)22-18-11-7-8-16(14-18)20(25)23-12-5-2-6-13-23/h7-8,11,14,17,21H,1-6,9-10,12-13,15H2,(H,22,24). The molecule has 1 aliphatic carbocycles. The summed E-state index contributed by atoms with van der Waals surface area (Å²) in [5, 5.41) is 6.25. The Morgan fingerprint density at radius 3 is 2.48 bits per heavy atom. The highest BCUT2D eigenvalue weighted by Crippen LogP contribution is 2.18. The Morgan fingerprint density at radius 2 is 1.72 bits per heavy atom. The van der Waals surface area contributed by atoms with Crippen LogP contribution in [0.3, 0.4) is 0 Å². The van der Waals surface area contributed by atoms with E-state index in [1.807, 2.05) is 23.1 Å². The minimum Gasteiger partial charge on any atom is -0.339 e. The van der Waals surface area contributed by atoms with E-state index in [1.165, 1.54) is 25.7 Å². The normalized spacial score (nSPS) is 18.8. The maximum absolute atomic E-state index is 12.6. The van der Waals surface area contributed by atoms with Crippen LogP contribution < -0.4 is 10.6 Å². The van der Waals surface area contributed by atoms with Gasteiger partial charge in [-0.15, -0.1) is 0 Å². The number of amides is 2. The zero-order valence-electron chi connectivity index (χ0n) is 14.9. The van der Waals surface area contributed by atoms with Crippen LogP contribution in [0.2, 0.25) is 0 Å². The quantitative estimate of drug-likeness (QED) is 0.863. The Bertz CT molecular complexity index is 590. The largest absolute Gasteiger partial charge is 0.339 e. The van der Waals surface area contributed by atoms with E-state index in [1.54, 1.807) is 6.07 Å². The first-order valence-electron chi connectivity index (χ1n) is 9.65. The lowest BCUT2D eigenvalue weighted by Crippen LogP contribution is -2.37. The second-order valence-corrected chi connectivity index (χ2v) is 7.20. The van der Waals surface area contributed by atoms with Crippen molar-refractivity contribution in [2.24, 2.45) is 0 Å². The number of piperidine rings is 1. The smallest absolute Gasteiger partial charge is 0.253 e. The van der Waals surface area contributed by atoms with Crippen molar-refractivity contribution < 1.29 is 9.59 Å². The minimum atomic E-state index is -0.0480. The third-order valence-electron chi connectivity index (χ3n) is 5.19. The molecule has 1 saturated carbocycles. The van der Waals surface area contributed by atoms with Gasteiger partial charge in [-0.25, -0.2) is 0 Å². The number of anilines is 1. The molecule has 5 heteroatoms. The Kier molecular flexibility index (Phi) is 6.45. The predicted octanol–water partition coefficient (Wildman–Crippen LogP) is 3.17. The summed E-state index contributed by atoms with van der Waals surface area (Å²) in [6.45, 7) is 2.00. The molecule has 0 bridgehead atoms. The van der Waals surface area contributed by atoms with Gasteiger partial charge in [0.15, 0.2) is 0 Å². The summed E-state index contributed by atoms with van der Waals surface area (Å²) in [7, 11) is 0. The van der Waals surface area contributed by atoms with Crippen molar-refractivity contribution in [3.05, 3.63) is 29.8 Å². The lowest BCUT2D eigenvalue weighted by molar-refractivity contribution is -0.115. The van der Waals surface area contributed by atoms with Crippen molar-refractivity contribution in [3.8, 4) is 0 Å². The van der Waals surface area contributed by atoms with Crippen LogP contribution in [0.25, 0.3) is 0 Å². The van der Waals surface area contributed by atoms with Crippen molar-refractivity contribution in [3.63, 3.8) is 0 Å². The molecule has 0 spiro atoms. The molecule has 1 aromatic rings. The zero-order chi connectivity index (χ0) is 17.5. The minimum absolute atomic E-state index is 0.0480. The van der Waals surface area contributed by atoms with Gasteiger partial charge in [-0.1, -0.05) is 25.3 Å². The maximum atomic E-state index is 12.6. The Hall–Kier alpha value is -1.88. The van der Waals surface area contributed by atoms with Gasteiger partial charge >= 0.3 is 0 Å². The maximum Gasteiger partial charge on any atom is 0.253 e. The molecule has 2 fully saturated rings. The van der Waals surface area contributed by atoms with Crippen LogP contribution in [0.4, 0.5) is 5.69 Å². The molecule has 0 aromatic heterocycles. The second-order valence-electron chi connectivity index (χ2n) is 7.20. The Labute approximate surface area is 150 Å². The van der Waals surface area contributed by atoms with Gasteiger partial charge in [0.25, 0.3) is 5.91 Å². The predicted molar refractivity (Wildman–Crippen MR) is 99.7 cm³/mol. The van der Waals surface area contributed by atoms with E-state index in [0.717, 1.165) is 38.8 Å². The highest BCUT2D eigenvalue weighted by molar-refractivity contribution is 5.97. The molecule has 25 heavy (non-hydrogen) atoms. The number of nitrogens with one attached hydrogen (secondary N) is 2. The summed E-state index contributed by atoms with van der Waals surface area (Å²) in [6, 6.07) is 7.75. The molecule has 0 radical (unpaired) electrons. The average Bonchev–Trinajstić information content (AvgIpc) is 2.67. The summed E-state index contributed by atoms with van der Waals surface area (Å²) in [5.41, 5.74) is 1.35. The fraction of sp³-hybridized carbons (Fsp3) is 0.600. The van der Waals surface area contributed by atoms with Crippen LogP contribution in [-0.2, 0) is 4.79 Å². The van der Waals surface area contributed by atoms with Gasteiger partial charge in [-0.3, -0.25) is 9.59 Å². The fourth-order valence-corrected chi connectivity index (χ4v) is 3.76. The molecule has 2 aliphatic rings. The molecule has 1 saturated heterocycles. The van der Waals surface area contributed by atoms with E-state index < -0.39 is 0 Å².